The van der Waals surface area contributed by atoms with E-state index in [4.69, 9.17) is 0 Å². The van der Waals surface area contributed by atoms with E-state index in [1.54, 1.807) is 0 Å². The van der Waals surface area contributed by atoms with Crippen molar-refractivity contribution >= 4 is 17.5 Å². The molecule has 4 nitrogen and oxygen atoms in total. The van der Waals surface area contributed by atoms with Gasteiger partial charge in [0.15, 0.2) is 0 Å². The topological polar surface area (TPSA) is 49.4 Å². The lowest BCUT2D eigenvalue weighted by molar-refractivity contribution is -0.130. The smallest absolute Gasteiger partial charge is 0.229 e. The zero-order valence-electron chi connectivity index (χ0n) is 15.5. The first kappa shape index (κ1) is 18.0. The predicted molar refractivity (Wildman–Crippen MR) is 100 cm³/mol. The van der Waals surface area contributed by atoms with E-state index in [2.05, 4.69) is 25.2 Å². The summed E-state index contributed by atoms with van der Waals surface area (Å²) >= 11 is 0. The minimum absolute atomic E-state index is 0.0117. The van der Waals surface area contributed by atoms with Crippen molar-refractivity contribution in [2.75, 3.05) is 11.9 Å². The van der Waals surface area contributed by atoms with Gasteiger partial charge in [0.25, 0.3) is 0 Å². The summed E-state index contributed by atoms with van der Waals surface area (Å²) in [5, 5.41) is 3.09. The zero-order chi connectivity index (χ0) is 17.8. The Labute approximate surface area is 151 Å². The molecule has 1 N–H and O–H groups in total. The molecule has 1 saturated heterocycles. The van der Waals surface area contributed by atoms with Crippen molar-refractivity contribution in [3.05, 3.63) is 29.8 Å². The van der Waals surface area contributed by atoms with E-state index in [1.165, 1.54) is 24.8 Å². The maximum Gasteiger partial charge on any atom is 0.229 e. The Morgan fingerprint density at radius 3 is 2.68 bits per heavy atom. The number of nitrogens with one attached hydrogen (secondary N) is 1. The highest BCUT2D eigenvalue weighted by Gasteiger charge is 2.38. The molecule has 0 radical (unpaired) electrons. The Morgan fingerprint density at radius 2 is 1.96 bits per heavy atom. The van der Waals surface area contributed by atoms with Gasteiger partial charge in [-0.2, -0.15) is 0 Å². The highest BCUT2D eigenvalue weighted by molar-refractivity contribution is 5.97. The Kier molecular flexibility index (Phi) is 5.77. The van der Waals surface area contributed by atoms with Gasteiger partial charge in [0.2, 0.25) is 11.8 Å². The molecule has 1 aromatic rings. The summed E-state index contributed by atoms with van der Waals surface area (Å²) in [6.07, 6.45) is 7.25. The van der Waals surface area contributed by atoms with Crippen LogP contribution in [0, 0.1) is 5.92 Å². The first-order chi connectivity index (χ1) is 12.1. The fourth-order valence-electron chi connectivity index (χ4n) is 4.15. The van der Waals surface area contributed by atoms with Crippen molar-refractivity contribution in [3.63, 3.8) is 0 Å². The van der Waals surface area contributed by atoms with Gasteiger partial charge in [0.1, 0.15) is 0 Å². The van der Waals surface area contributed by atoms with Crippen LogP contribution in [0.1, 0.15) is 70.3 Å². The molecule has 0 bridgehead atoms. The zero-order valence-corrected chi connectivity index (χ0v) is 15.5. The SMILES string of the molecule is CCC(C)c1ccccc1NC(=O)C1CC(=O)N(C2CCCCC2)C1. The van der Waals surface area contributed by atoms with Gasteiger partial charge in [0.05, 0.1) is 5.92 Å². The molecule has 2 aliphatic rings. The number of carbonyl (C=O) groups excluding carboxylic acids is 2. The van der Waals surface area contributed by atoms with Crippen molar-refractivity contribution in [1.29, 1.82) is 0 Å². The highest BCUT2D eigenvalue weighted by atomic mass is 16.2. The first-order valence-corrected chi connectivity index (χ1v) is 9.79. The number of hydrogen-bond acceptors (Lipinski definition) is 2. The molecular weight excluding hydrogens is 312 g/mol. The monoisotopic (exact) mass is 342 g/mol. The average molecular weight is 342 g/mol. The molecule has 1 saturated carbocycles. The summed E-state index contributed by atoms with van der Waals surface area (Å²) in [4.78, 5) is 27.1. The van der Waals surface area contributed by atoms with E-state index < -0.39 is 0 Å². The number of benzene rings is 1. The molecule has 1 aliphatic heterocycles. The molecule has 2 unspecified atom stereocenters. The normalized spacial score (nSPS) is 22.9. The third-order valence-corrected chi connectivity index (χ3v) is 5.91. The molecule has 0 spiro atoms. The van der Waals surface area contributed by atoms with Crippen molar-refractivity contribution in [1.82, 2.24) is 4.90 Å². The van der Waals surface area contributed by atoms with E-state index in [9.17, 15) is 9.59 Å². The van der Waals surface area contributed by atoms with E-state index in [1.807, 2.05) is 23.1 Å². The molecule has 0 aromatic heterocycles. The summed E-state index contributed by atoms with van der Waals surface area (Å²) in [6, 6.07) is 8.37. The van der Waals surface area contributed by atoms with Crippen LogP contribution in [-0.4, -0.2) is 29.3 Å². The number of amides is 2. The van der Waals surface area contributed by atoms with Gasteiger partial charge in [-0.05, 0) is 36.8 Å². The van der Waals surface area contributed by atoms with Gasteiger partial charge >= 0.3 is 0 Å². The lowest BCUT2D eigenvalue weighted by atomic mass is 9.94. The minimum Gasteiger partial charge on any atom is -0.339 e. The Balaban J connectivity index is 1.65. The second kappa shape index (κ2) is 8.03. The van der Waals surface area contributed by atoms with Gasteiger partial charge in [-0.3, -0.25) is 9.59 Å². The Bertz CT molecular complexity index is 622. The highest BCUT2D eigenvalue weighted by Crippen LogP contribution is 2.31. The number of likely N-dealkylation sites (tertiary alicyclic amines) is 1. The quantitative estimate of drug-likeness (QED) is 0.866. The Hall–Kier alpha value is -1.84. The second-order valence-corrected chi connectivity index (χ2v) is 7.62. The van der Waals surface area contributed by atoms with E-state index in [0.29, 0.717) is 24.9 Å². The van der Waals surface area contributed by atoms with E-state index in [0.717, 1.165) is 24.9 Å². The molecule has 1 aliphatic carbocycles. The molecule has 3 rings (SSSR count). The number of para-hydroxylation sites is 1. The predicted octanol–water partition coefficient (Wildman–Crippen LogP) is 4.32. The Morgan fingerprint density at radius 1 is 1.24 bits per heavy atom. The standard InChI is InChI=1S/C21H30N2O2/c1-3-15(2)18-11-7-8-12-19(18)22-21(25)16-13-20(24)23(14-16)17-9-5-4-6-10-17/h7-8,11-12,15-17H,3-6,9-10,13-14H2,1-2H3,(H,22,25). The number of anilines is 1. The van der Waals surface area contributed by atoms with Crippen LogP contribution in [0.15, 0.2) is 24.3 Å². The fourth-order valence-corrected chi connectivity index (χ4v) is 4.15. The number of carbonyl (C=O) groups is 2. The van der Waals surface area contributed by atoms with Crippen LogP contribution in [-0.2, 0) is 9.59 Å². The maximum absolute atomic E-state index is 12.8. The van der Waals surface area contributed by atoms with Crippen molar-refractivity contribution in [2.45, 2.75) is 70.8 Å². The molecule has 25 heavy (non-hydrogen) atoms. The van der Waals surface area contributed by atoms with Gasteiger partial charge in [-0.1, -0.05) is 51.3 Å². The largest absolute Gasteiger partial charge is 0.339 e. The van der Waals surface area contributed by atoms with Gasteiger partial charge < -0.3 is 10.2 Å². The molecule has 1 aromatic carbocycles. The van der Waals surface area contributed by atoms with Gasteiger partial charge in [-0.25, -0.2) is 0 Å². The minimum atomic E-state index is -0.223. The van der Waals surface area contributed by atoms with Crippen molar-refractivity contribution in [3.8, 4) is 0 Å². The molecule has 2 amide bonds. The van der Waals surface area contributed by atoms with Gasteiger partial charge in [-0.15, -0.1) is 0 Å². The lowest BCUT2D eigenvalue weighted by Crippen LogP contribution is -2.38. The van der Waals surface area contributed by atoms with Crippen LogP contribution in [0.25, 0.3) is 0 Å². The second-order valence-electron chi connectivity index (χ2n) is 7.62. The lowest BCUT2D eigenvalue weighted by Gasteiger charge is -2.31. The van der Waals surface area contributed by atoms with Crippen molar-refractivity contribution < 1.29 is 9.59 Å². The van der Waals surface area contributed by atoms with Crippen LogP contribution in [0.4, 0.5) is 5.69 Å². The summed E-state index contributed by atoms with van der Waals surface area (Å²) in [6.45, 7) is 4.91. The molecule has 4 heteroatoms. The molecule has 136 valence electrons. The average Bonchev–Trinajstić information content (AvgIpc) is 3.04. The maximum atomic E-state index is 12.8. The first-order valence-electron chi connectivity index (χ1n) is 9.79. The molecule has 1 heterocycles. The van der Waals surface area contributed by atoms with Crippen molar-refractivity contribution in [2.24, 2.45) is 5.92 Å². The van der Waals surface area contributed by atoms with Crippen LogP contribution in [0.3, 0.4) is 0 Å². The summed E-state index contributed by atoms with van der Waals surface area (Å²) < 4.78 is 0. The van der Waals surface area contributed by atoms with E-state index >= 15 is 0 Å². The molecule has 2 atom stereocenters. The third-order valence-electron chi connectivity index (χ3n) is 5.91. The van der Waals surface area contributed by atoms with Crippen LogP contribution in [0.5, 0.6) is 0 Å². The van der Waals surface area contributed by atoms with E-state index in [-0.39, 0.29) is 17.7 Å². The van der Waals surface area contributed by atoms with Gasteiger partial charge in [0, 0.05) is 24.7 Å². The molecular formula is C21H30N2O2. The number of nitrogens with zero attached hydrogens (tertiary/aromatic N) is 1. The summed E-state index contributed by atoms with van der Waals surface area (Å²) in [7, 11) is 0. The molecule has 2 fully saturated rings. The number of hydrogen-bond donors (Lipinski definition) is 1. The van der Waals surface area contributed by atoms with Crippen LogP contribution in [0.2, 0.25) is 0 Å². The third kappa shape index (κ3) is 4.05. The summed E-state index contributed by atoms with van der Waals surface area (Å²) in [5.41, 5.74) is 2.07. The van der Waals surface area contributed by atoms with Crippen LogP contribution < -0.4 is 5.32 Å². The summed E-state index contributed by atoms with van der Waals surface area (Å²) in [5.74, 6) is 0.324. The van der Waals surface area contributed by atoms with Crippen LogP contribution >= 0.6 is 0 Å². The fraction of sp³-hybridized carbons (Fsp3) is 0.619. The number of rotatable bonds is 5.